The van der Waals surface area contributed by atoms with Gasteiger partial charge in [0.15, 0.2) is 0 Å². The minimum absolute atomic E-state index is 0.0254. The van der Waals surface area contributed by atoms with Gasteiger partial charge in [0.05, 0.1) is 18.1 Å². The molecule has 0 unspecified atom stereocenters. The summed E-state index contributed by atoms with van der Waals surface area (Å²) in [5.74, 6) is 0.173. The highest BCUT2D eigenvalue weighted by Crippen LogP contribution is 2.25. The predicted molar refractivity (Wildman–Crippen MR) is 104 cm³/mol. The van der Waals surface area contributed by atoms with E-state index in [0.717, 1.165) is 50.6 Å². The lowest BCUT2D eigenvalue weighted by molar-refractivity contribution is -0.137. The standard InChI is InChI=1S/C21H31N3O3/c1-23-14-8-13-19(23)20(25)24(2)18-12-7-6-11-17(18)22-21(26)27-15-16-9-4-3-5-10-16/h3-5,9-10,17-19H,6-8,11-15H2,1-2H3,(H,22,26)/t17-,18-,19-/m0/s1. The highest BCUT2D eigenvalue weighted by molar-refractivity contribution is 5.82. The van der Waals surface area contributed by atoms with E-state index in [1.807, 2.05) is 49.3 Å². The molecule has 1 aromatic rings. The van der Waals surface area contributed by atoms with Crippen LogP contribution in [-0.2, 0) is 16.1 Å². The summed E-state index contributed by atoms with van der Waals surface area (Å²) in [6.07, 6.45) is 5.52. The van der Waals surface area contributed by atoms with E-state index in [1.165, 1.54) is 0 Å². The first kappa shape index (κ1) is 19.7. The zero-order valence-corrected chi connectivity index (χ0v) is 16.4. The average molecular weight is 373 g/mol. The quantitative estimate of drug-likeness (QED) is 0.862. The Morgan fingerprint density at radius 1 is 1.15 bits per heavy atom. The van der Waals surface area contributed by atoms with Crippen LogP contribution in [0.2, 0.25) is 0 Å². The third kappa shape index (κ3) is 5.01. The minimum atomic E-state index is -0.408. The summed E-state index contributed by atoms with van der Waals surface area (Å²) >= 11 is 0. The molecule has 1 heterocycles. The van der Waals surface area contributed by atoms with Gasteiger partial charge >= 0.3 is 6.09 Å². The molecule has 1 saturated heterocycles. The number of likely N-dealkylation sites (tertiary alicyclic amines) is 1. The summed E-state index contributed by atoms with van der Waals surface area (Å²) in [6, 6.07) is 9.60. The lowest BCUT2D eigenvalue weighted by Crippen LogP contribution is -2.56. The van der Waals surface area contributed by atoms with Crippen LogP contribution in [0.4, 0.5) is 4.79 Å². The van der Waals surface area contributed by atoms with E-state index in [1.54, 1.807) is 0 Å². The third-order valence-corrected chi connectivity index (χ3v) is 5.90. The molecule has 2 fully saturated rings. The molecular formula is C21H31N3O3. The van der Waals surface area contributed by atoms with Crippen LogP contribution in [0.25, 0.3) is 0 Å². The summed E-state index contributed by atoms with van der Waals surface area (Å²) in [4.78, 5) is 29.2. The molecule has 2 amide bonds. The fourth-order valence-corrected chi connectivity index (χ4v) is 4.28. The van der Waals surface area contributed by atoms with E-state index in [-0.39, 0.29) is 30.6 Å². The van der Waals surface area contributed by atoms with Crippen molar-refractivity contribution in [3.8, 4) is 0 Å². The second-order valence-corrected chi connectivity index (χ2v) is 7.75. The molecule has 0 radical (unpaired) electrons. The molecule has 0 spiro atoms. The van der Waals surface area contributed by atoms with Gasteiger partial charge in [0.1, 0.15) is 6.61 Å². The van der Waals surface area contributed by atoms with Crippen LogP contribution >= 0.6 is 0 Å². The SMILES string of the molecule is CN1CCC[C@H]1C(=O)N(C)[C@H]1CCCC[C@@H]1NC(=O)OCc1ccccc1. The number of carbonyl (C=O) groups is 2. The minimum Gasteiger partial charge on any atom is -0.445 e. The van der Waals surface area contributed by atoms with Crippen molar-refractivity contribution < 1.29 is 14.3 Å². The monoisotopic (exact) mass is 373 g/mol. The molecular weight excluding hydrogens is 342 g/mol. The lowest BCUT2D eigenvalue weighted by Gasteiger charge is -2.39. The van der Waals surface area contributed by atoms with E-state index >= 15 is 0 Å². The molecule has 1 saturated carbocycles. The zero-order chi connectivity index (χ0) is 19.2. The van der Waals surface area contributed by atoms with E-state index in [4.69, 9.17) is 4.74 Å². The Bertz CT molecular complexity index is 637. The zero-order valence-electron chi connectivity index (χ0n) is 16.4. The first-order chi connectivity index (χ1) is 13.1. The molecule has 148 valence electrons. The molecule has 1 aliphatic carbocycles. The fourth-order valence-electron chi connectivity index (χ4n) is 4.28. The maximum atomic E-state index is 12.9. The number of rotatable bonds is 5. The first-order valence-corrected chi connectivity index (χ1v) is 10.0. The van der Waals surface area contributed by atoms with Gasteiger partial charge in [-0.1, -0.05) is 43.2 Å². The molecule has 0 aromatic heterocycles. The summed E-state index contributed by atoms with van der Waals surface area (Å²) in [7, 11) is 3.90. The van der Waals surface area contributed by atoms with Crippen LogP contribution in [0.5, 0.6) is 0 Å². The Kier molecular flexibility index (Phi) is 6.72. The topological polar surface area (TPSA) is 61.9 Å². The molecule has 27 heavy (non-hydrogen) atoms. The number of hydrogen-bond donors (Lipinski definition) is 1. The highest BCUT2D eigenvalue weighted by Gasteiger charge is 2.37. The maximum Gasteiger partial charge on any atom is 0.407 e. The van der Waals surface area contributed by atoms with Crippen molar-refractivity contribution in [3.05, 3.63) is 35.9 Å². The van der Waals surface area contributed by atoms with Gasteiger partial charge < -0.3 is 15.0 Å². The van der Waals surface area contributed by atoms with Gasteiger partial charge in [0.25, 0.3) is 0 Å². The fraction of sp³-hybridized carbons (Fsp3) is 0.619. The number of nitrogens with zero attached hydrogens (tertiary/aromatic N) is 2. The van der Waals surface area contributed by atoms with Crippen molar-refractivity contribution in [2.45, 2.75) is 63.3 Å². The van der Waals surface area contributed by atoms with Gasteiger partial charge in [-0.05, 0) is 44.8 Å². The smallest absolute Gasteiger partial charge is 0.407 e. The van der Waals surface area contributed by atoms with Crippen LogP contribution in [0, 0.1) is 0 Å². The molecule has 3 atom stereocenters. The molecule has 1 aromatic carbocycles. The second-order valence-electron chi connectivity index (χ2n) is 7.75. The number of nitrogens with one attached hydrogen (secondary N) is 1. The summed E-state index contributed by atoms with van der Waals surface area (Å²) in [5, 5.41) is 3.01. The molecule has 3 rings (SSSR count). The van der Waals surface area contributed by atoms with E-state index < -0.39 is 6.09 Å². The van der Waals surface area contributed by atoms with Crippen molar-refractivity contribution in [3.63, 3.8) is 0 Å². The molecule has 6 heteroatoms. The molecule has 2 aliphatic rings. The van der Waals surface area contributed by atoms with Crippen LogP contribution in [0.3, 0.4) is 0 Å². The largest absolute Gasteiger partial charge is 0.445 e. The number of alkyl carbamates (subject to hydrolysis) is 1. The molecule has 0 bridgehead atoms. The van der Waals surface area contributed by atoms with E-state index in [0.29, 0.717) is 0 Å². The number of likely N-dealkylation sites (N-methyl/N-ethyl adjacent to an activating group) is 2. The number of amides is 2. The van der Waals surface area contributed by atoms with Crippen molar-refractivity contribution in [1.29, 1.82) is 0 Å². The van der Waals surface area contributed by atoms with Crippen molar-refractivity contribution in [1.82, 2.24) is 15.1 Å². The number of benzene rings is 1. The van der Waals surface area contributed by atoms with Crippen molar-refractivity contribution >= 4 is 12.0 Å². The molecule has 1 N–H and O–H groups in total. The van der Waals surface area contributed by atoms with Crippen molar-refractivity contribution in [2.75, 3.05) is 20.6 Å². The van der Waals surface area contributed by atoms with Crippen LogP contribution in [0.1, 0.15) is 44.1 Å². The van der Waals surface area contributed by atoms with E-state index in [2.05, 4.69) is 10.2 Å². The van der Waals surface area contributed by atoms with E-state index in [9.17, 15) is 9.59 Å². The van der Waals surface area contributed by atoms with Crippen LogP contribution in [-0.4, -0.2) is 60.6 Å². The Hall–Kier alpha value is -2.08. The third-order valence-electron chi connectivity index (χ3n) is 5.90. The van der Waals surface area contributed by atoms with Gasteiger partial charge in [-0.2, -0.15) is 0 Å². The maximum absolute atomic E-state index is 12.9. The average Bonchev–Trinajstić information content (AvgIpc) is 3.12. The Morgan fingerprint density at radius 2 is 1.89 bits per heavy atom. The highest BCUT2D eigenvalue weighted by atomic mass is 16.5. The normalized spacial score (nSPS) is 25.8. The van der Waals surface area contributed by atoms with Crippen LogP contribution in [0.15, 0.2) is 30.3 Å². The van der Waals surface area contributed by atoms with Gasteiger partial charge in [0.2, 0.25) is 5.91 Å². The van der Waals surface area contributed by atoms with Gasteiger partial charge in [-0.3, -0.25) is 9.69 Å². The summed E-state index contributed by atoms with van der Waals surface area (Å²) < 4.78 is 5.37. The van der Waals surface area contributed by atoms with Gasteiger partial charge in [0, 0.05) is 7.05 Å². The lowest BCUT2D eigenvalue weighted by atomic mass is 9.89. The number of ether oxygens (including phenoxy) is 1. The number of hydrogen-bond acceptors (Lipinski definition) is 4. The number of carbonyl (C=O) groups excluding carboxylic acids is 2. The molecule has 1 aliphatic heterocycles. The Labute approximate surface area is 161 Å². The van der Waals surface area contributed by atoms with Crippen LogP contribution < -0.4 is 5.32 Å². The van der Waals surface area contributed by atoms with Gasteiger partial charge in [-0.25, -0.2) is 4.79 Å². The van der Waals surface area contributed by atoms with Gasteiger partial charge in [-0.15, -0.1) is 0 Å². The summed E-state index contributed by atoms with van der Waals surface area (Å²) in [6.45, 7) is 1.23. The summed E-state index contributed by atoms with van der Waals surface area (Å²) in [5.41, 5.74) is 0.962. The van der Waals surface area contributed by atoms with Crippen molar-refractivity contribution in [2.24, 2.45) is 0 Å². The first-order valence-electron chi connectivity index (χ1n) is 10.0. The predicted octanol–water partition coefficient (Wildman–Crippen LogP) is 2.78. The Balaban J connectivity index is 1.56. The Morgan fingerprint density at radius 3 is 2.59 bits per heavy atom. The second kappa shape index (κ2) is 9.22. The molecule has 6 nitrogen and oxygen atoms in total.